The zero-order valence-electron chi connectivity index (χ0n) is 21.0. The SMILES string of the molecule is CCN(CC)S(=O)(=O)c1ccc(NC(=O)c2ccc(C)c(S(=O)(=O)Nc3cc(C)ccc3C)c2)cc1. The largest absolute Gasteiger partial charge is 0.322 e. The maximum atomic E-state index is 13.2. The van der Waals surface area contributed by atoms with Gasteiger partial charge in [-0.25, -0.2) is 16.8 Å². The summed E-state index contributed by atoms with van der Waals surface area (Å²) in [6, 6.07) is 15.8. The minimum atomic E-state index is -3.95. The van der Waals surface area contributed by atoms with Crippen LogP contribution in [0.3, 0.4) is 0 Å². The van der Waals surface area contributed by atoms with Crippen LogP contribution in [0, 0.1) is 20.8 Å². The predicted octanol–water partition coefficient (Wildman–Crippen LogP) is 4.70. The summed E-state index contributed by atoms with van der Waals surface area (Å²) in [6.45, 7) is 9.59. The average molecular weight is 530 g/mol. The molecule has 8 nitrogen and oxygen atoms in total. The Balaban J connectivity index is 1.83. The fraction of sp³-hybridized carbons (Fsp3) is 0.269. The summed E-state index contributed by atoms with van der Waals surface area (Å²) in [5.41, 5.74) is 3.21. The number of hydrogen-bond acceptors (Lipinski definition) is 5. The summed E-state index contributed by atoms with van der Waals surface area (Å²) in [5.74, 6) is -0.516. The molecule has 3 rings (SSSR count). The van der Waals surface area contributed by atoms with Gasteiger partial charge in [0, 0.05) is 24.3 Å². The standard InChI is InChI=1S/C26H31N3O5S2/c1-6-29(7-2)36(33,34)23-14-12-22(13-15-23)27-26(30)21-11-10-20(5)25(17-21)35(31,32)28-24-16-18(3)8-9-19(24)4/h8-17,28H,6-7H2,1-5H3,(H,27,30). The van der Waals surface area contributed by atoms with E-state index >= 15 is 0 Å². The van der Waals surface area contributed by atoms with E-state index < -0.39 is 26.0 Å². The smallest absolute Gasteiger partial charge is 0.262 e. The summed E-state index contributed by atoms with van der Waals surface area (Å²) in [7, 11) is -7.56. The minimum Gasteiger partial charge on any atom is -0.322 e. The Morgan fingerprint density at radius 1 is 0.806 bits per heavy atom. The minimum absolute atomic E-state index is 0.00304. The van der Waals surface area contributed by atoms with E-state index in [1.165, 1.54) is 34.6 Å². The first-order valence-corrected chi connectivity index (χ1v) is 14.4. The summed E-state index contributed by atoms with van der Waals surface area (Å²) >= 11 is 0. The summed E-state index contributed by atoms with van der Waals surface area (Å²) in [5, 5.41) is 2.70. The Labute approximate surface area is 213 Å². The predicted molar refractivity (Wildman–Crippen MR) is 142 cm³/mol. The molecule has 0 spiro atoms. The summed E-state index contributed by atoms with van der Waals surface area (Å²) in [6.07, 6.45) is 0. The highest BCUT2D eigenvalue weighted by Crippen LogP contribution is 2.25. The van der Waals surface area contributed by atoms with E-state index in [2.05, 4.69) is 10.0 Å². The molecule has 36 heavy (non-hydrogen) atoms. The first-order valence-electron chi connectivity index (χ1n) is 11.5. The van der Waals surface area contributed by atoms with Crippen LogP contribution in [0.4, 0.5) is 11.4 Å². The molecule has 192 valence electrons. The van der Waals surface area contributed by atoms with Crippen molar-refractivity contribution in [3.05, 3.63) is 82.9 Å². The second-order valence-electron chi connectivity index (χ2n) is 8.47. The first kappa shape index (κ1) is 27.4. The van der Waals surface area contributed by atoms with Crippen LogP contribution in [0.1, 0.15) is 40.9 Å². The zero-order chi connectivity index (χ0) is 26.7. The van der Waals surface area contributed by atoms with Crippen LogP contribution >= 0.6 is 0 Å². The van der Waals surface area contributed by atoms with E-state index in [1.807, 2.05) is 26.0 Å². The van der Waals surface area contributed by atoms with E-state index in [-0.39, 0.29) is 15.4 Å². The molecule has 0 bridgehead atoms. The molecule has 0 atom stereocenters. The molecular formula is C26H31N3O5S2. The van der Waals surface area contributed by atoms with E-state index in [4.69, 9.17) is 0 Å². The molecule has 3 aromatic carbocycles. The number of carbonyl (C=O) groups excluding carboxylic acids is 1. The van der Waals surface area contributed by atoms with Crippen LogP contribution in [0.2, 0.25) is 0 Å². The van der Waals surface area contributed by atoms with Crippen LogP contribution in [-0.2, 0) is 20.0 Å². The second-order valence-corrected chi connectivity index (χ2v) is 12.1. The fourth-order valence-electron chi connectivity index (χ4n) is 3.70. The van der Waals surface area contributed by atoms with Gasteiger partial charge in [0.1, 0.15) is 0 Å². The van der Waals surface area contributed by atoms with E-state index in [9.17, 15) is 21.6 Å². The second kappa shape index (κ2) is 10.8. The monoisotopic (exact) mass is 529 g/mol. The van der Waals surface area contributed by atoms with Gasteiger partial charge in [0.15, 0.2) is 0 Å². The molecule has 0 saturated carbocycles. The van der Waals surface area contributed by atoms with Crippen molar-refractivity contribution in [2.45, 2.75) is 44.4 Å². The third kappa shape index (κ3) is 5.95. The van der Waals surface area contributed by atoms with Crippen molar-refractivity contribution in [1.29, 1.82) is 0 Å². The lowest BCUT2D eigenvalue weighted by molar-refractivity contribution is 0.102. The summed E-state index contributed by atoms with van der Waals surface area (Å²) < 4.78 is 55.6. The van der Waals surface area contributed by atoms with Crippen LogP contribution in [-0.4, -0.2) is 40.1 Å². The molecule has 0 heterocycles. The molecule has 0 aromatic heterocycles. The van der Waals surface area contributed by atoms with Gasteiger partial charge in [-0.1, -0.05) is 32.0 Å². The van der Waals surface area contributed by atoms with Gasteiger partial charge in [-0.3, -0.25) is 9.52 Å². The van der Waals surface area contributed by atoms with Crippen molar-refractivity contribution in [3.8, 4) is 0 Å². The van der Waals surface area contributed by atoms with Gasteiger partial charge in [0.25, 0.3) is 15.9 Å². The van der Waals surface area contributed by atoms with Gasteiger partial charge in [0.05, 0.1) is 15.5 Å². The maximum Gasteiger partial charge on any atom is 0.262 e. The van der Waals surface area contributed by atoms with Gasteiger partial charge in [0.2, 0.25) is 10.0 Å². The number of nitrogens with one attached hydrogen (secondary N) is 2. The van der Waals surface area contributed by atoms with E-state index in [1.54, 1.807) is 39.0 Å². The zero-order valence-corrected chi connectivity index (χ0v) is 22.6. The van der Waals surface area contributed by atoms with Crippen molar-refractivity contribution in [2.24, 2.45) is 0 Å². The molecule has 1 amide bonds. The van der Waals surface area contributed by atoms with Gasteiger partial charge < -0.3 is 5.32 Å². The Bertz CT molecular complexity index is 1480. The number of hydrogen-bond donors (Lipinski definition) is 2. The number of nitrogens with zero attached hydrogens (tertiary/aromatic N) is 1. The van der Waals surface area contributed by atoms with Gasteiger partial charge in [-0.15, -0.1) is 0 Å². The lowest BCUT2D eigenvalue weighted by Crippen LogP contribution is -2.30. The number of anilines is 2. The number of amides is 1. The van der Waals surface area contributed by atoms with E-state index in [0.29, 0.717) is 30.0 Å². The molecule has 0 saturated heterocycles. The average Bonchev–Trinajstić information content (AvgIpc) is 2.82. The van der Waals surface area contributed by atoms with Crippen molar-refractivity contribution >= 4 is 37.3 Å². The third-order valence-electron chi connectivity index (χ3n) is 5.83. The van der Waals surface area contributed by atoms with Crippen molar-refractivity contribution < 1.29 is 21.6 Å². The molecule has 0 unspecified atom stereocenters. The number of benzene rings is 3. The van der Waals surface area contributed by atoms with E-state index in [0.717, 1.165) is 11.1 Å². The number of sulfonamides is 2. The molecule has 0 aliphatic heterocycles. The van der Waals surface area contributed by atoms with Crippen molar-refractivity contribution in [2.75, 3.05) is 23.1 Å². The highest BCUT2D eigenvalue weighted by Gasteiger charge is 2.22. The molecule has 0 aliphatic rings. The number of carbonyl (C=O) groups is 1. The van der Waals surface area contributed by atoms with Crippen LogP contribution in [0.25, 0.3) is 0 Å². The number of rotatable bonds is 9. The van der Waals surface area contributed by atoms with Gasteiger partial charge in [-0.2, -0.15) is 4.31 Å². The molecule has 0 fully saturated rings. The third-order valence-corrected chi connectivity index (χ3v) is 9.40. The normalized spacial score (nSPS) is 11.9. The quantitative estimate of drug-likeness (QED) is 0.417. The molecular weight excluding hydrogens is 498 g/mol. The fourth-order valence-corrected chi connectivity index (χ4v) is 6.55. The molecule has 0 radical (unpaired) electrons. The van der Waals surface area contributed by atoms with Crippen LogP contribution < -0.4 is 10.0 Å². The molecule has 2 N–H and O–H groups in total. The molecule has 3 aromatic rings. The lowest BCUT2D eigenvalue weighted by Gasteiger charge is -2.18. The first-order chi connectivity index (χ1) is 16.9. The number of aryl methyl sites for hydroxylation is 3. The molecule has 0 aliphatic carbocycles. The maximum absolute atomic E-state index is 13.2. The Kier molecular flexibility index (Phi) is 8.22. The van der Waals surface area contributed by atoms with Crippen LogP contribution in [0.5, 0.6) is 0 Å². The van der Waals surface area contributed by atoms with Crippen LogP contribution in [0.15, 0.2) is 70.5 Å². The van der Waals surface area contributed by atoms with Gasteiger partial charge in [-0.05, 0) is 79.9 Å². The topological polar surface area (TPSA) is 113 Å². The summed E-state index contributed by atoms with van der Waals surface area (Å²) in [4.78, 5) is 13.0. The Hall–Kier alpha value is -3.21. The lowest BCUT2D eigenvalue weighted by atomic mass is 10.1. The highest BCUT2D eigenvalue weighted by atomic mass is 32.2. The molecule has 10 heteroatoms. The van der Waals surface area contributed by atoms with Crippen molar-refractivity contribution in [3.63, 3.8) is 0 Å². The Morgan fingerprint density at radius 3 is 2.03 bits per heavy atom. The Morgan fingerprint density at radius 2 is 1.42 bits per heavy atom. The van der Waals surface area contributed by atoms with Crippen molar-refractivity contribution in [1.82, 2.24) is 4.31 Å². The van der Waals surface area contributed by atoms with Gasteiger partial charge >= 0.3 is 0 Å². The highest BCUT2D eigenvalue weighted by molar-refractivity contribution is 7.92.